The minimum Gasteiger partial charge on any atom is -0.324 e. The predicted molar refractivity (Wildman–Crippen MR) is 39.6 cm³/mol. The van der Waals surface area contributed by atoms with E-state index < -0.39 is 0 Å². The first kappa shape index (κ1) is 9.23. The lowest BCUT2D eigenvalue weighted by atomic mass is 10.1. The van der Waals surface area contributed by atoms with Gasteiger partial charge in [-0.1, -0.05) is 0 Å². The number of nitrogens with two attached hydrogens (primary N) is 1. The van der Waals surface area contributed by atoms with Gasteiger partial charge in [-0.3, -0.25) is 5.26 Å². The SMILES string of the molecule is CC(C)(S)[C@@H](N)COO. The molecule has 0 bridgehead atoms. The van der Waals surface area contributed by atoms with Gasteiger partial charge >= 0.3 is 0 Å². The Hall–Kier alpha value is 0.230. The summed E-state index contributed by atoms with van der Waals surface area (Å²) in [4.78, 5) is 3.86. The smallest absolute Gasteiger partial charge is 0.0983 e. The van der Waals surface area contributed by atoms with Gasteiger partial charge in [0.25, 0.3) is 0 Å². The van der Waals surface area contributed by atoms with Crippen molar-refractivity contribution in [2.24, 2.45) is 5.73 Å². The van der Waals surface area contributed by atoms with Crippen molar-refractivity contribution in [1.82, 2.24) is 0 Å². The second-order valence-corrected chi connectivity index (χ2v) is 3.71. The lowest BCUT2D eigenvalue weighted by molar-refractivity contribution is -0.246. The summed E-state index contributed by atoms with van der Waals surface area (Å²) in [5.74, 6) is 0. The van der Waals surface area contributed by atoms with Gasteiger partial charge in [0, 0.05) is 10.8 Å². The second-order valence-electron chi connectivity index (χ2n) is 2.56. The first-order valence-electron chi connectivity index (χ1n) is 2.73. The second kappa shape index (κ2) is 3.41. The summed E-state index contributed by atoms with van der Waals surface area (Å²) in [7, 11) is 0. The monoisotopic (exact) mass is 151 g/mol. The van der Waals surface area contributed by atoms with E-state index in [-0.39, 0.29) is 17.4 Å². The third-order valence-corrected chi connectivity index (χ3v) is 1.49. The molecule has 0 amide bonds. The quantitative estimate of drug-likeness (QED) is 0.313. The van der Waals surface area contributed by atoms with Gasteiger partial charge in [-0.2, -0.15) is 12.6 Å². The molecule has 0 aromatic heterocycles. The van der Waals surface area contributed by atoms with Gasteiger partial charge in [0.05, 0.1) is 6.61 Å². The normalized spacial score (nSPS) is 15.7. The van der Waals surface area contributed by atoms with E-state index in [1.165, 1.54) is 0 Å². The fourth-order valence-corrected chi connectivity index (χ4v) is 0.359. The van der Waals surface area contributed by atoms with E-state index in [1.807, 2.05) is 13.8 Å². The van der Waals surface area contributed by atoms with Gasteiger partial charge in [-0.15, -0.1) is 0 Å². The Labute approximate surface area is 60.5 Å². The van der Waals surface area contributed by atoms with Gasteiger partial charge in [-0.05, 0) is 13.8 Å². The molecule has 0 spiro atoms. The topological polar surface area (TPSA) is 55.5 Å². The summed E-state index contributed by atoms with van der Waals surface area (Å²) in [6, 6.07) is -0.245. The maximum atomic E-state index is 7.99. The van der Waals surface area contributed by atoms with Crippen LogP contribution < -0.4 is 5.73 Å². The van der Waals surface area contributed by atoms with E-state index in [9.17, 15) is 0 Å². The highest BCUT2D eigenvalue weighted by atomic mass is 32.1. The zero-order chi connectivity index (χ0) is 7.49. The van der Waals surface area contributed by atoms with Gasteiger partial charge in [-0.25, -0.2) is 4.89 Å². The van der Waals surface area contributed by atoms with Crippen LogP contribution in [-0.2, 0) is 4.89 Å². The fraction of sp³-hybridized carbons (Fsp3) is 1.00. The molecule has 9 heavy (non-hydrogen) atoms. The van der Waals surface area contributed by atoms with Crippen molar-refractivity contribution >= 4 is 12.6 Å². The number of hydrogen-bond donors (Lipinski definition) is 3. The molecular weight excluding hydrogens is 138 g/mol. The van der Waals surface area contributed by atoms with Crippen LogP contribution >= 0.6 is 12.6 Å². The van der Waals surface area contributed by atoms with Crippen LogP contribution in [0.2, 0.25) is 0 Å². The third-order valence-electron chi connectivity index (χ3n) is 1.16. The van der Waals surface area contributed by atoms with Crippen LogP contribution in [-0.4, -0.2) is 22.7 Å². The highest BCUT2D eigenvalue weighted by Crippen LogP contribution is 2.15. The summed E-state index contributed by atoms with van der Waals surface area (Å²) in [6.07, 6.45) is 0. The van der Waals surface area contributed by atoms with Crippen molar-refractivity contribution in [3.8, 4) is 0 Å². The standard InChI is InChI=1S/C5H13NO2S/c1-5(2,9)4(6)3-8-7/h4,7,9H,3,6H2,1-2H3/t4-/m0/s1. The molecule has 0 heterocycles. The Morgan fingerprint density at radius 1 is 1.78 bits per heavy atom. The maximum Gasteiger partial charge on any atom is 0.0983 e. The number of thiol groups is 1. The van der Waals surface area contributed by atoms with E-state index in [2.05, 4.69) is 17.5 Å². The summed E-state index contributed by atoms with van der Waals surface area (Å²) < 4.78 is -0.303. The van der Waals surface area contributed by atoms with Crippen molar-refractivity contribution in [1.29, 1.82) is 0 Å². The van der Waals surface area contributed by atoms with Gasteiger partial charge in [0.15, 0.2) is 0 Å². The third kappa shape index (κ3) is 3.75. The molecule has 0 saturated heterocycles. The van der Waals surface area contributed by atoms with Crippen molar-refractivity contribution in [2.45, 2.75) is 24.6 Å². The molecule has 0 rings (SSSR count). The predicted octanol–water partition coefficient (Wildman–Crippen LogP) is 0.512. The summed E-state index contributed by atoms with van der Waals surface area (Å²) in [5.41, 5.74) is 5.50. The Balaban J connectivity index is 3.59. The molecule has 0 aliphatic carbocycles. The van der Waals surface area contributed by atoms with E-state index in [4.69, 9.17) is 11.0 Å². The Kier molecular flexibility index (Phi) is 3.50. The minimum absolute atomic E-state index is 0.122. The minimum atomic E-state index is -0.303. The average Bonchev–Trinajstić information content (AvgIpc) is 1.64. The first-order chi connectivity index (χ1) is 3.98. The molecule has 1 atom stereocenters. The van der Waals surface area contributed by atoms with Crippen LogP contribution in [0, 0.1) is 0 Å². The fourth-order valence-electron chi connectivity index (χ4n) is 0.284. The van der Waals surface area contributed by atoms with Crippen LogP contribution in [0.15, 0.2) is 0 Å². The van der Waals surface area contributed by atoms with Gasteiger partial charge in [0.1, 0.15) is 0 Å². The average molecular weight is 151 g/mol. The summed E-state index contributed by atoms with van der Waals surface area (Å²) >= 11 is 4.17. The molecule has 56 valence electrons. The molecule has 3 N–H and O–H groups in total. The van der Waals surface area contributed by atoms with Crippen molar-refractivity contribution in [3.63, 3.8) is 0 Å². The highest BCUT2D eigenvalue weighted by molar-refractivity contribution is 7.81. The number of rotatable bonds is 3. The molecule has 0 saturated carbocycles. The molecule has 4 heteroatoms. The molecule has 0 radical (unpaired) electrons. The Bertz CT molecular complexity index is 81.5. The van der Waals surface area contributed by atoms with Crippen LogP contribution in [0.1, 0.15) is 13.8 Å². The van der Waals surface area contributed by atoms with Crippen molar-refractivity contribution in [2.75, 3.05) is 6.61 Å². The van der Waals surface area contributed by atoms with Gasteiger partial charge in [0.2, 0.25) is 0 Å². The molecule has 0 unspecified atom stereocenters. The lowest BCUT2D eigenvalue weighted by Crippen LogP contribution is -2.42. The van der Waals surface area contributed by atoms with Crippen LogP contribution in [0.5, 0.6) is 0 Å². The van der Waals surface area contributed by atoms with Crippen LogP contribution in [0.3, 0.4) is 0 Å². The van der Waals surface area contributed by atoms with E-state index in [1.54, 1.807) is 0 Å². The summed E-state index contributed by atoms with van der Waals surface area (Å²) in [5, 5.41) is 7.99. The number of hydrogen-bond acceptors (Lipinski definition) is 4. The zero-order valence-electron chi connectivity index (χ0n) is 5.66. The highest BCUT2D eigenvalue weighted by Gasteiger charge is 2.21. The molecule has 3 nitrogen and oxygen atoms in total. The molecule has 0 aromatic carbocycles. The van der Waals surface area contributed by atoms with Gasteiger partial charge < -0.3 is 5.73 Å². The zero-order valence-corrected chi connectivity index (χ0v) is 6.56. The molecule has 0 aliphatic rings. The van der Waals surface area contributed by atoms with E-state index in [0.717, 1.165) is 0 Å². The largest absolute Gasteiger partial charge is 0.324 e. The van der Waals surface area contributed by atoms with Crippen LogP contribution in [0.25, 0.3) is 0 Å². The molecule has 0 fully saturated rings. The first-order valence-corrected chi connectivity index (χ1v) is 3.17. The Morgan fingerprint density at radius 2 is 2.22 bits per heavy atom. The lowest BCUT2D eigenvalue weighted by Gasteiger charge is -2.24. The maximum absolute atomic E-state index is 7.99. The summed E-state index contributed by atoms with van der Waals surface area (Å²) in [6.45, 7) is 3.84. The van der Waals surface area contributed by atoms with Crippen LogP contribution in [0.4, 0.5) is 0 Å². The molecular formula is C5H13NO2S. The van der Waals surface area contributed by atoms with E-state index in [0.29, 0.717) is 0 Å². The van der Waals surface area contributed by atoms with Crippen molar-refractivity contribution in [3.05, 3.63) is 0 Å². The molecule has 0 aromatic rings. The molecule has 0 aliphatic heterocycles. The van der Waals surface area contributed by atoms with Crippen molar-refractivity contribution < 1.29 is 10.1 Å². The van der Waals surface area contributed by atoms with E-state index >= 15 is 0 Å². The Morgan fingerprint density at radius 3 is 2.33 bits per heavy atom.